The number of nitrogens with two attached hydrogens (primary N) is 1. The highest BCUT2D eigenvalue weighted by Crippen LogP contribution is 1.89. The van der Waals surface area contributed by atoms with Gasteiger partial charge in [-0.15, -0.1) is 0 Å². The van der Waals surface area contributed by atoms with Gasteiger partial charge in [0.15, 0.2) is 0 Å². The first-order chi connectivity index (χ1) is 6.70. The van der Waals surface area contributed by atoms with E-state index in [2.05, 4.69) is 15.5 Å². The molecule has 0 aromatic rings. The van der Waals surface area contributed by atoms with E-state index in [1.165, 1.54) is 0 Å². The Morgan fingerprint density at radius 3 is 2.79 bits per heavy atom. The second-order valence-corrected chi connectivity index (χ2v) is 3.67. The molecular formula is C9H20N4O. The lowest BCUT2D eigenvalue weighted by molar-refractivity contribution is -0.122. The van der Waals surface area contributed by atoms with E-state index in [9.17, 15) is 4.79 Å². The van der Waals surface area contributed by atoms with Crippen LogP contribution in [-0.4, -0.2) is 56.1 Å². The fraction of sp³-hybridized carbons (Fsp3) is 0.889. The summed E-state index contributed by atoms with van der Waals surface area (Å²) in [6, 6.07) is -0.405. The predicted octanol–water partition coefficient (Wildman–Crippen LogP) is -1.64. The zero-order valence-corrected chi connectivity index (χ0v) is 8.75. The van der Waals surface area contributed by atoms with E-state index in [0.717, 1.165) is 32.7 Å². The van der Waals surface area contributed by atoms with Crippen LogP contribution < -0.4 is 16.4 Å². The molecule has 82 valence electrons. The fourth-order valence-corrected chi connectivity index (χ4v) is 1.43. The third kappa shape index (κ3) is 4.04. The van der Waals surface area contributed by atoms with Crippen molar-refractivity contribution in [1.82, 2.24) is 15.5 Å². The minimum absolute atomic E-state index is 0.0693. The molecule has 0 aromatic carbocycles. The lowest BCUT2D eigenvalue weighted by Gasteiger charge is -2.27. The van der Waals surface area contributed by atoms with Crippen LogP contribution in [0.1, 0.15) is 6.92 Å². The summed E-state index contributed by atoms with van der Waals surface area (Å²) in [5, 5.41) is 6.09. The SMILES string of the molecule is C[C@@H](N)C(=O)NCCN1CCNCC1. The van der Waals surface area contributed by atoms with Gasteiger partial charge in [0.2, 0.25) is 5.91 Å². The molecule has 14 heavy (non-hydrogen) atoms. The summed E-state index contributed by atoms with van der Waals surface area (Å²) in [6.45, 7) is 7.52. The topological polar surface area (TPSA) is 70.4 Å². The monoisotopic (exact) mass is 200 g/mol. The lowest BCUT2D eigenvalue weighted by atomic mass is 10.3. The van der Waals surface area contributed by atoms with Gasteiger partial charge in [-0.3, -0.25) is 9.69 Å². The van der Waals surface area contributed by atoms with Crippen molar-refractivity contribution in [3.05, 3.63) is 0 Å². The third-order valence-corrected chi connectivity index (χ3v) is 2.35. The molecule has 5 heteroatoms. The number of carbonyl (C=O) groups is 1. The Morgan fingerprint density at radius 2 is 2.21 bits per heavy atom. The van der Waals surface area contributed by atoms with Crippen LogP contribution in [0.3, 0.4) is 0 Å². The normalized spacial score (nSPS) is 20.4. The smallest absolute Gasteiger partial charge is 0.236 e. The van der Waals surface area contributed by atoms with Gasteiger partial charge in [0.1, 0.15) is 0 Å². The number of hydrogen-bond donors (Lipinski definition) is 3. The van der Waals surface area contributed by atoms with Gasteiger partial charge in [0.05, 0.1) is 6.04 Å². The number of rotatable bonds is 4. The summed E-state index contributed by atoms with van der Waals surface area (Å²) in [6.07, 6.45) is 0. The first-order valence-electron chi connectivity index (χ1n) is 5.16. The van der Waals surface area contributed by atoms with Crippen LogP contribution in [0.5, 0.6) is 0 Å². The van der Waals surface area contributed by atoms with Gasteiger partial charge in [0.25, 0.3) is 0 Å². The van der Waals surface area contributed by atoms with E-state index in [-0.39, 0.29) is 5.91 Å². The van der Waals surface area contributed by atoms with Gasteiger partial charge in [-0.1, -0.05) is 0 Å². The van der Waals surface area contributed by atoms with Crippen molar-refractivity contribution >= 4 is 5.91 Å². The molecule has 4 N–H and O–H groups in total. The van der Waals surface area contributed by atoms with E-state index in [1.54, 1.807) is 6.92 Å². The molecule has 1 aliphatic rings. The number of amides is 1. The van der Waals surface area contributed by atoms with E-state index in [4.69, 9.17) is 5.73 Å². The van der Waals surface area contributed by atoms with E-state index in [1.807, 2.05) is 0 Å². The van der Waals surface area contributed by atoms with Crippen molar-refractivity contribution in [2.75, 3.05) is 39.3 Å². The molecule has 1 rings (SSSR count). The van der Waals surface area contributed by atoms with E-state index >= 15 is 0 Å². The maximum Gasteiger partial charge on any atom is 0.236 e. The van der Waals surface area contributed by atoms with Crippen LogP contribution in [-0.2, 0) is 4.79 Å². The maximum absolute atomic E-state index is 11.1. The summed E-state index contributed by atoms with van der Waals surface area (Å²) in [7, 11) is 0. The van der Waals surface area contributed by atoms with Gasteiger partial charge < -0.3 is 16.4 Å². The minimum Gasteiger partial charge on any atom is -0.353 e. The Balaban J connectivity index is 2.05. The Kier molecular flexibility index (Phi) is 4.86. The summed E-state index contributed by atoms with van der Waals surface area (Å²) < 4.78 is 0. The molecule has 0 aromatic heterocycles. The molecule has 0 radical (unpaired) electrons. The molecular weight excluding hydrogens is 180 g/mol. The number of piperazine rings is 1. The van der Waals surface area contributed by atoms with Crippen molar-refractivity contribution in [1.29, 1.82) is 0 Å². The molecule has 1 heterocycles. The summed E-state index contributed by atoms with van der Waals surface area (Å²) in [5.74, 6) is -0.0693. The summed E-state index contributed by atoms with van der Waals surface area (Å²) in [5.41, 5.74) is 5.42. The molecule has 1 atom stereocenters. The van der Waals surface area contributed by atoms with Crippen molar-refractivity contribution in [2.24, 2.45) is 5.73 Å². The second-order valence-electron chi connectivity index (χ2n) is 3.67. The van der Waals surface area contributed by atoms with Gasteiger partial charge in [-0.05, 0) is 6.92 Å². The van der Waals surface area contributed by atoms with Gasteiger partial charge in [0, 0.05) is 39.3 Å². The average Bonchev–Trinajstić information content (AvgIpc) is 2.19. The predicted molar refractivity (Wildman–Crippen MR) is 56.0 cm³/mol. The summed E-state index contributed by atoms with van der Waals surface area (Å²) in [4.78, 5) is 13.4. The standard InChI is InChI=1S/C9H20N4O/c1-8(10)9(14)12-4-7-13-5-2-11-3-6-13/h8,11H,2-7,10H2,1H3,(H,12,14)/t8-/m1/s1. The van der Waals surface area contributed by atoms with Crippen molar-refractivity contribution in [3.8, 4) is 0 Å². The van der Waals surface area contributed by atoms with E-state index in [0.29, 0.717) is 6.54 Å². The van der Waals surface area contributed by atoms with Crippen LogP contribution in [0.2, 0.25) is 0 Å². The number of nitrogens with one attached hydrogen (secondary N) is 2. The van der Waals surface area contributed by atoms with Crippen molar-refractivity contribution < 1.29 is 4.79 Å². The molecule has 1 aliphatic heterocycles. The maximum atomic E-state index is 11.1. The molecule has 0 spiro atoms. The molecule has 0 unspecified atom stereocenters. The third-order valence-electron chi connectivity index (χ3n) is 2.35. The van der Waals surface area contributed by atoms with Gasteiger partial charge in [-0.25, -0.2) is 0 Å². The Bertz CT molecular complexity index is 178. The first kappa shape index (κ1) is 11.4. The fourth-order valence-electron chi connectivity index (χ4n) is 1.43. The second kappa shape index (κ2) is 5.95. The minimum atomic E-state index is -0.405. The molecule has 1 amide bonds. The molecule has 1 fully saturated rings. The zero-order valence-electron chi connectivity index (χ0n) is 8.75. The molecule has 0 bridgehead atoms. The van der Waals surface area contributed by atoms with Gasteiger partial charge >= 0.3 is 0 Å². The highest BCUT2D eigenvalue weighted by atomic mass is 16.2. The lowest BCUT2D eigenvalue weighted by Crippen LogP contribution is -2.47. The van der Waals surface area contributed by atoms with Crippen LogP contribution in [0, 0.1) is 0 Å². The number of nitrogens with zero attached hydrogens (tertiary/aromatic N) is 1. The molecule has 0 saturated carbocycles. The molecule has 0 aliphatic carbocycles. The first-order valence-corrected chi connectivity index (χ1v) is 5.16. The van der Waals surface area contributed by atoms with E-state index < -0.39 is 6.04 Å². The van der Waals surface area contributed by atoms with Crippen LogP contribution in [0.4, 0.5) is 0 Å². The molecule has 5 nitrogen and oxygen atoms in total. The Hall–Kier alpha value is -0.650. The van der Waals surface area contributed by atoms with Crippen LogP contribution in [0.25, 0.3) is 0 Å². The number of hydrogen-bond acceptors (Lipinski definition) is 4. The highest BCUT2D eigenvalue weighted by Gasteiger charge is 2.10. The van der Waals surface area contributed by atoms with Gasteiger partial charge in [-0.2, -0.15) is 0 Å². The largest absolute Gasteiger partial charge is 0.353 e. The quantitative estimate of drug-likeness (QED) is 0.509. The average molecular weight is 200 g/mol. The zero-order chi connectivity index (χ0) is 10.4. The Morgan fingerprint density at radius 1 is 1.57 bits per heavy atom. The highest BCUT2D eigenvalue weighted by molar-refractivity contribution is 5.80. The molecule has 1 saturated heterocycles. The van der Waals surface area contributed by atoms with Crippen LogP contribution >= 0.6 is 0 Å². The van der Waals surface area contributed by atoms with Crippen LogP contribution in [0.15, 0.2) is 0 Å². The number of carbonyl (C=O) groups excluding carboxylic acids is 1. The van der Waals surface area contributed by atoms with Crippen molar-refractivity contribution in [3.63, 3.8) is 0 Å². The Labute approximate surface area is 85.0 Å². The van der Waals surface area contributed by atoms with Crippen molar-refractivity contribution in [2.45, 2.75) is 13.0 Å². The summed E-state index contributed by atoms with van der Waals surface area (Å²) >= 11 is 0.